The third-order valence-electron chi connectivity index (χ3n) is 6.67. The zero-order chi connectivity index (χ0) is 27.4. The zero-order valence-electron chi connectivity index (χ0n) is 20.3. The first-order chi connectivity index (χ1) is 18.6. The van der Waals surface area contributed by atoms with Crippen LogP contribution in [-0.4, -0.2) is 30.9 Å². The van der Waals surface area contributed by atoms with Crippen molar-refractivity contribution in [3.63, 3.8) is 0 Å². The lowest BCUT2D eigenvalue weighted by Gasteiger charge is -2.12. The molecule has 2 N–H and O–H groups in total. The molecule has 6 aromatic rings. The fourth-order valence-corrected chi connectivity index (χ4v) is 5.88. The molecule has 0 amide bonds. The van der Waals surface area contributed by atoms with Gasteiger partial charge in [0, 0.05) is 29.7 Å². The van der Waals surface area contributed by atoms with Gasteiger partial charge in [-0.3, -0.25) is 9.11 Å². The first-order valence-electron chi connectivity index (χ1n) is 11.9. The van der Waals surface area contributed by atoms with Crippen molar-refractivity contribution < 1.29 is 30.5 Å². The third-order valence-corrected chi connectivity index (χ3v) is 8.39. The van der Waals surface area contributed by atoms with Crippen molar-refractivity contribution >= 4 is 53.1 Å². The van der Waals surface area contributed by atoms with Gasteiger partial charge < -0.3 is 0 Å². The molecule has 5 aromatic carbocycles. The lowest BCUT2D eigenvalue weighted by atomic mass is 9.96. The predicted octanol–water partition coefficient (Wildman–Crippen LogP) is 4.90. The van der Waals surface area contributed by atoms with E-state index in [4.69, 9.17) is 4.98 Å². The van der Waals surface area contributed by atoms with Crippen LogP contribution < -0.4 is 4.57 Å². The molecule has 8 nitrogen and oxygen atoms in total. The highest BCUT2D eigenvalue weighted by molar-refractivity contribution is 7.86. The van der Waals surface area contributed by atoms with E-state index in [-0.39, 0.29) is 9.79 Å². The number of nitrogens with zero attached hydrogens (tertiary/aromatic N) is 2. The minimum atomic E-state index is -4.47. The maximum atomic E-state index is 12.0. The van der Waals surface area contributed by atoms with Crippen molar-refractivity contribution in [1.29, 1.82) is 0 Å². The van der Waals surface area contributed by atoms with Crippen molar-refractivity contribution in [2.75, 3.05) is 0 Å². The van der Waals surface area contributed by atoms with Gasteiger partial charge >= 0.3 is 0 Å². The third kappa shape index (κ3) is 4.64. The molecule has 6 rings (SSSR count). The second-order valence-electron chi connectivity index (χ2n) is 9.15. The highest BCUT2D eigenvalue weighted by atomic mass is 32.2. The van der Waals surface area contributed by atoms with Crippen molar-refractivity contribution in [2.45, 2.75) is 16.2 Å². The second-order valence-corrected chi connectivity index (χ2v) is 12.0. The summed E-state index contributed by atoms with van der Waals surface area (Å²) >= 11 is 0. The summed E-state index contributed by atoms with van der Waals surface area (Å²) in [6.07, 6.45) is 0.314. The zero-order valence-corrected chi connectivity index (χ0v) is 21.9. The Morgan fingerprint density at radius 3 is 1.97 bits per heavy atom. The van der Waals surface area contributed by atoms with Crippen LogP contribution >= 0.6 is 0 Å². The fraction of sp³-hybridized carbons (Fsp3) is 0.0345. The van der Waals surface area contributed by atoms with Gasteiger partial charge in [-0.05, 0) is 53.3 Å². The molecule has 0 saturated heterocycles. The molecule has 0 aliphatic carbocycles. The summed E-state index contributed by atoms with van der Waals surface area (Å²) in [5.41, 5.74) is 5.47. The molecule has 1 aromatic heterocycles. The summed E-state index contributed by atoms with van der Waals surface area (Å²) in [6, 6.07) is 29.7. The van der Waals surface area contributed by atoms with E-state index < -0.39 is 20.2 Å². The Balaban J connectivity index is 1.70. The van der Waals surface area contributed by atoms with Crippen LogP contribution in [0.3, 0.4) is 0 Å². The summed E-state index contributed by atoms with van der Waals surface area (Å²) in [7, 11) is -8.81. The van der Waals surface area contributed by atoms with Crippen LogP contribution in [0.5, 0.6) is 0 Å². The molecule has 0 spiro atoms. The van der Waals surface area contributed by atoms with Crippen LogP contribution in [0.25, 0.3) is 38.5 Å². The van der Waals surface area contributed by atoms with Crippen molar-refractivity contribution in [3.05, 3.63) is 114 Å². The SMILES string of the molecule is O=S(=O)(O)c1ccc(Cc2cc3c(nc4ccccc4[n+]3-c3ccccc3)c3ccc(S(=O)(=O)O)cc23)cc1. The van der Waals surface area contributed by atoms with Gasteiger partial charge in [0.25, 0.3) is 20.2 Å². The van der Waals surface area contributed by atoms with Gasteiger partial charge in [-0.25, -0.2) is 4.98 Å². The molecule has 1 heterocycles. The van der Waals surface area contributed by atoms with Crippen LogP contribution in [0.2, 0.25) is 0 Å². The number of aromatic nitrogens is 2. The quantitative estimate of drug-likeness (QED) is 0.134. The molecule has 0 aliphatic heterocycles. The molecule has 0 radical (unpaired) electrons. The first kappa shape index (κ1) is 25.1. The Bertz CT molecular complexity index is 2130. The predicted molar refractivity (Wildman–Crippen MR) is 147 cm³/mol. The van der Waals surface area contributed by atoms with Gasteiger partial charge in [-0.1, -0.05) is 48.5 Å². The van der Waals surface area contributed by atoms with Crippen LogP contribution in [0.15, 0.2) is 113 Å². The Hall–Kier alpha value is -4.22. The van der Waals surface area contributed by atoms with Gasteiger partial charge in [0.15, 0.2) is 0 Å². The van der Waals surface area contributed by atoms with Crippen molar-refractivity contribution in [2.24, 2.45) is 0 Å². The maximum Gasteiger partial charge on any atom is 0.294 e. The average Bonchev–Trinajstić information content (AvgIpc) is 2.91. The molecule has 0 bridgehead atoms. The molecule has 194 valence electrons. The summed E-state index contributed by atoms with van der Waals surface area (Å²) in [6.45, 7) is 0. The summed E-state index contributed by atoms with van der Waals surface area (Å²) in [5, 5.41) is 1.28. The number of benzene rings is 5. The highest BCUT2D eigenvalue weighted by Crippen LogP contribution is 2.32. The standard InChI is InChI=1S/C29H20N2O6S2/c32-38(33,34)22-12-10-19(11-13-22)16-20-17-28-29(24-15-14-23(18-25(20)24)39(35,36)37)30-26-8-4-5-9-27(26)31(28)21-6-2-1-3-7-21/h1-15,17-18H,16H2,(H-,32,33,34,35,36,37)/p+1. The lowest BCUT2D eigenvalue weighted by Crippen LogP contribution is -2.33. The van der Waals surface area contributed by atoms with Crippen LogP contribution in [0.4, 0.5) is 0 Å². The molecule has 39 heavy (non-hydrogen) atoms. The maximum absolute atomic E-state index is 12.0. The highest BCUT2D eigenvalue weighted by Gasteiger charge is 2.23. The normalized spacial score (nSPS) is 12.4. The molecule has 0 aliphatic rings. The van der Waals surface area contributed by atoms with Crippen LogP contribution in [0, 0.1) is 0 Å². The lowest BCUT2D eigenvalue weighted by molar-refractivity contribution is -0.538. The van der Waals surface area contributed by atoms with Crippen molar-refractivity contribution in [1.82, 2.24) is 4.98 Å². The minimum Gasteiger partial charge on any atom is -0.282 e. The van der Waals surface area contributed by atoms with Crippen LogP contribution in [-0.2, 0) is 26.7 Å². The van der Waals surface area contributed by atoms with Gasteiger partial charge in [0.05, 0.1) is 9.79 Å². The Kier molecular flexibility index (Phi) is 5.92. The molecule has 10 heteroatoms. The minimum absolute atomic E-state index is 0.221. The summed E-state index contributed by atoms with van der Waals surface area (Å²) in [5.74, 6) is 0. The number of rotatable bonds is 5. The topological polar surface area (TPSA) is 126 Å². The van der Waals surface area contributed by atoms with Crippen molar-refractivity contribution in [3.8, 4) is 5.69 Å². The van der Waals surface area contributed by atoms with Gasteiger partial charge in [-0.2, -0.15) is 16.8 Å². The molecule has 0 saturated carbocycles. The van der Waals surface area contributed by atoms with E-state index in [1.807, 2.05) is 60.7 Å². The van der Waals surface area contributed by atoms with E-state index in [1.165, 1.54) is 24.3 Å². The van der Waals surface area contributed by atoms with E-state index in [0.29, 0.717) is 22.7 Å². The van der Waals surface area contributed by atoms with Crippen LogP contribution in [0.1, 0.15) is 11.1 Å². The van der Waals surface area contributed by atoms with E-state index in [1.54, 1.807) is 18.2 Å². The summed E-state index contributed by atoms with van der Waals surface area (Å²) < 4.78 is 68.2. The van der Waals surface area contributed by atoms with Gasteiger partial charge in [0.2, 0.25) is 16.7 Å². The fourth-order valence-electron chi connectivity index (χ4n) is 4.89. The molecular formula is C29H21N2O6S2+. The first-order valence-corrected chi connectivity index (χ1v) is 14.8. The molecule has 0 atom stereocenters. The molecule has 0 unspecified atom stereocenters. The number of hydrogen-bond acceptors (Lipinski definition) is 5. The molecular weight excluding hydrogens is 536 g/mol. The van der Waals surface area contributed by atoms with E-state index in [2.05, 4.69) is 4.57 Å². The number of para-hydroxylation sites is 3. The Morgan fingerprint density at radius 1 is 0.641 bits per heavy atom. The second kappa shape index (κ2) is 9.21. The smallest absolute Gasteiger partial charge is 0.282 e. The summed E-state index contributed by atoms with van der Waals surface area (Å²) in [4.78, 5) is 4.48. The number of fused-ring (bicyclic) bond motifs is 4. The number of hydrogen-bond donors (Lipinski definition) is 2. The Labute approximate surface area is 224 Å². The molecule has 0 fully saturated rings. The van der Waals surface area contributed by atoms with E-state index in [9.17, 15) is 25.9 Å². The van der Waals surface area contributed by atoms with E-state index in [0.717, 1.165) is 33.4 Å². The van der Waals surface area contributed by atoms with E-state index >= 15 is 0 Å². The average molecular weight is 558 g/mol. The monoisotopic (exact) mass is 557 g/mol. The van der Waals surface area contributed by atoms with Gasteiger partial charge in [-0.15, -0.1) is 4.57 Å². The van der Waals surface area contributed by atoms with Gasteiger partial charge in [0.1, 0.15) is 11.0 Å². The Morgan fingerprint density at radius 2 is 1.28 bits per heavy atom. The largest absolute Gasteiger partial charge is 0.294 e.